The van der Waals surface area contributed by atoms with Crippen LogP contribution in [0.5, 0.6) is 0 Å². The van der Waals surface area contributed by atoms with Gasteiger partial charge in [0.1, 0.15) is 0 Å². The molecule has 1 N–H and O–H groups in total. The van der Waals surface area contributed by atoms with Gasteiger partial charge in [0.15, 0.2) is 0 Å². The molecule has 0 aromatic heterocycles. The Morgan fingerprint density at radius 3 is 2.78 bits per heavy atom. The fourth-order valence-electron chi connectivity index (χ4n) is 2.37. The first kappa shape index (κ1) is 13.8. The summed E-state index contributed by atoms with van der Waals surface area (Å²) in [5, 5.41) is 9.91. The predicted molar refractivity (Wildman–Crippen MR) is 77.0 cm³/mol. The molecule has 100 valence electrons. The summed E-state index contributed by atoms with van der Waals surface area (Å²) in [6, 6.07) is 6.07. The number of rotatable bonds is 2. The average molecular weight is 314 g/mol. The largest absolute Gasteiger partial charge is 0.389 e. The molecule has 1 saturated heterocycles. The zero-order valence-corrected chi connectivity index (χ0v) is 12.7. The van der Waals surface area contributed by atoms with E-state index in [4.69, 9.17) is 4.74 Å². The van der Waals surface area contributed by atoms with Gasteiger partial charge < -0.3 is 14.7 Å². The van der Waals surface area contributed by atoms with E-state index in [0.29, 0.717) is 0 Å². The van der Waals surface area contributed by atoms with Crippen molar-refractivity contribution in [2.45, 2.75) is 32.5 Å². The van der Waals surface area contributed by atoms with Crippen LogP contribution in [-0.2, 0) is 4.74 Å². The second-order valence-electron chi connectivity index (χ2n) is 5.41. The van der Waals surface area contributed by atoms with Gasteiger partial charge in [0.25, 0.3) is 0 Å². The number of hydrogen-bond donors (Lipinski definition) is 1. The van der Waals surface area contributed by atoms with Crippen molar-refractivity contribution < 1.29 is 9.84 Å². The van der Waals surface area contributed by atoms with Crippen LogP contribution in [-0.4, -0.2) is 30.4 Å². The van der Waals surface area contributed by atoms with E-state index in [9.17, 15) is 5.11 Å². The Balaban J connectivity index is 2.32. The van der Waals surface area contributed by atoms with Gasteiger partial charge in [-0.2, -0.15) is 0 Å². The lowest BCUT2D eigenvalue weighted by Gasteiger charge is -2.40. The standard InChI is InChI=1S/C14H20BrNO2/c1-10(17)12-8-11(15)4-5-13(12)16-6-7-18-14(2,3)9-16/h4-5,8,10,17H,6-7,9H2,1-3H3. The second-order valence-corrected chi connectivity index (χ2v) is 6.32. The van der Waals surface area contributed by atoms with Crippen LogP contribution in [0.15, 0.2) is 22.7 Å². The second kappa shape index (κ2) is 5.19. The summed E-state index contributed by atoms with van der Waals surface area (Å²) in [4.78, 5) is 2.29. The van der Waals surface area contributed by atoms with Crippen LogP contribution in [0.2, 0.25) is 0 Å². The predicted octanol–water partition coefficient (Wildman–Crippen LogP) is 3.12. The van der Waals surface area contributed by atoms with Crippen molar-refractivity contribution in [1.29, 1.82) is 0 Å². The Hall–Kier alpha value is -0.580. The van der Waals surface area contributed by atoms with Crippen molar-refractivity contribution in [2.75, 3.05) is 24.6 Å². The first-order chi connectivity index (χ1) is 8.39. The fourth-order valence-corrected chi connectivity index (χ4v) is 2.75. The first-order valence-electron chi connectivity index (χ1n) is 6.25. The maximum Gasteiger partial charge on any atom is 0.0801 e. The van der Waals surface area contributed by atoms with E-state index in [-0.39, 0.29) is 5.60 Å². The molecule has 1 aliphatic heterocycles. The summed E-state index contributed by atoms with van der Waals surface area (Å²) in [6.07, 6.45) is -0.469. The van der Waals surface area contributed by atoms with Gasteiger partial charge in [-0.15, -0.1) is 0 Å². The number of morpholine rings is 1. The molecule has 1 aromatic carbocycles. The molecule has 0 spiro atoms. The quantitative estimate of drug-likeness (QED) is 0.910. The molecule has 0 aliphatic carbocycles. The van der Waals surface area contributed by atoms with Crippen LogP contribution in [0, 0.1) is 0 Å². The number of ether oxygens (including phenoxy) is 1. The Bertz CT molecular complexity index is 432. The van der Waals surface area contributed by atoms with Crippen LogP contribution in [0.3, 0.4) is 0 Å². The summed E-state index contributed by atoms with van der Waals surface area (Å²) in [5.41, 5.74) is 1.92. The summed E-state index contributed by atoms with van der Waals surface area (Å²) in [6.45, 7) is 8.43. The molecule has 18 heavy (non-hydrogen) atoms. The molecule has 0 saturated carbocycles. The molecule has 1 fully saturated rings. The third kappa shape index (κ3) is 3.05. The molecule has 1 aromatic rings. The van der Waals surface area contributed by atoms with E-state index < -0.39 is 6.10 Å². The van der Waals surface area contributed by atoms with Gasteiger partial charge in [-0.25, -0.2) is 0 Å². The minimum atomic E-state index is -0.469. The van der Waals surface area contributed by atoms with Gasteiger partial charge in [0, 0.05) is 28.8 Å². The summed E-state index contributed by atoms with van der Waals surface area (Å²) >= 11 is 3.46. The Morgan fingerprint density at radius 1 is 1.44 bits per heavy atom. The Kier molecular flexibility index (Phi) is 3.99. The fraction of sp³-hybridized carbons (Fsp3) is 0.571. The van der Waals surface area contributed by atoms with Gasteiger partial charge in [0.2, 0.25) is 0 Å². The van der Waals surface area contributed by atoms with Gasteiger partial charge in [-0.1, -0.05) is 15.9 Å². The summed E-state index contributed by atoms with van der Waals surface area (Å²) in [7, 11) is 0. The number of halogens is 1. The van der Waals surface area contributed by atoms with Crippen molar-refractivity contribution in [3.8, 4) is 0 Å². The number of aliphatic hydroxyl groups excluding tert-OH is 1. The van der Waals surface area contributed by atoms with Crippen LogP contribution >= 0.6 is 15.9 Å². The molecule has 2 rings (SSSR count). The van der Waals surface area contributed by atoms with Crippen molar-refractivity contribution in [1.82, 2.24) is 0 Å². The van der Waals surface area contributed by atoms with E-state index in [1.54, 1.807) is 6.92 Å². The van der Waals surface area contributed by atoms with Crippen molar-refractivity contribution >= 4 is 21.6 Å². The van der Waals surface area contributed by atoms with Crippen LogP contribution in [0.25, 0.3) is 0 Å². The zero-order chi connectivity index (χ0) is 13.3. The average Bonchev–Trinajstić information content (AvgIpc) is 2.27. The van der Waals surface area contributed by atoms with E-state index in [1.807, 2.05) is 12.1 Å². The third-order valence-corrected chi connectivity index (χ3v) is 3.70. The molecule has 1 atom stereocenters. The normalized spacial score (nSPS) is 20.8. The summed E-state index contributed by atoms with van der Waals surface area (Å²) < 4.78 is 6.72. The zero-order valence-electron chi connectivity index (χ0n) is 11.1. The minimum Gasteiger partial charge on any atom is -0.389 e. The van der Waals surface area contributed by atoms with Crippen molar-refractivity contribution in [2.24, 2.45) is 0 Å². The highest BCUT2D eigenvalue weighted by Crippen LogP contribution is 2.32. The molecular formula is C14H20BrNO2. The number of aliphatic hydroxyl groups is 1. The molecule has 4 heteroatoms. The Labute approximate surface area is 117 Å². The van der Waals surface area contributed by atoms with Crippen LogP contribution in [0.1, 0.15) is 32.4 Å². The van der Waals surface area contributed by atoms with E-state index in [1.165, 1.54) is 0 Å². The van der Waals surface area contributed by atoms with Gasteiger partial charge in [0.05, 0.1) is 18.3 Å². The van der Waals surface area contributed by atoms with Crippen LogP contribution in [0.4, 0.5) is 5.69 Å². The SMILES string of the molecule is CC(O)c1cc(Br)ccc1N1CCOC(C)(C)C1. The van der Waals surface area contributed by atoms with E-state index in [0.717, 1.165) is 35.4 Å². The van der Waals surface area contributed by atoms with Gasteiger partial charge in [-0.05, 0) is 39.0 Å². The molecule has 1 unspecified atom stereocenters. The number of nitrogens with zero attached hydrogens (tertiary/aromatic N) is 1. The minimum absolute atomic E-state index is 0.138. The number of benzene rings is 1. The van der Waals surface area contributed by atoms with Gasteiger partial charge >= 0.3 is 0 Å². The van der Waals surface area contributed by atoms with Gasteiger partial charge in [-0.3, -0.25) is 0 Å². The van der Waals surface area contributed by atoms with Crippen LogP contribution < -0.4 is 4.90 Å². The molecule has 3 nitrogen and oxygen atoms in total. The molecule has 0 bridgehead atoms. The smallest absolute Gasteiger partial charge is 0.0801 e. The maximum absolute atomic E-state index is 9.91. The van der Waals surface area contributed by atoms with E-state index in [2.05, 4.69) is 40.7 Å². The Morgan fingerprint density at radius 2 is 2.17 bits per heavy atom. The topological polar surface area (TPSA) is 32.7 Å². The molecule has 0 amide bonds. The highest BCUT2D eigenvalue weighted by molar-refractivity contribution is 9.10. The maximum atomic E-state index is 9.91. The number of hydrogen-bond acceptors (Lipinski definition) is 3. The van der Waals surface area contributed by atoms with E-state index >= 15 is 0 Å². The lowest BCUT2D eigenvalue weighted by Crippen LogP contribution is -2.48. The highest BCUT2D eigenvalue weighted by Gasteiger charge is 2.28. The van der Waals surface area contributed by atoms with Crippen molar-refractivity contribution in [3.05, 3.63) is 28.2 Å². The molecule has 1 aliphatic rings. The highest BCUT2D eigenvalue weighted by atomic mass is 79.9. The molecular weight excluding hydrogens is 294 g/mol. The lowest BCUT2D eigenvalue weighted by molar-refractivity contribution is -0.0278. The third-order valence-electron chi connectivity index (χ3n) is 3.21. The summed E-state index contributed by atoms with van der Waals surface area (Å²) in [5.74, 6) is 0. The molecule has 0 radical (unpaired) electrons. The first-order valence-corrected chi connectivity index (χ1v) is 7.05. The number of anilines is 1. The lowest BCUT2D eigenvalue weighted by atomic mass is 10.0. The monoisotopic (exact) mass is 313 g/mol. The molecule has 1 heterocycles. The van der Waals surface area contributed by atoms with Crippen molar-refractivity contribution in [3.63, 3.8) is 0 Å².